The first-order valence-corrected chi connectivity index (χ1v) is 11.3. The highest BCUT2D eigenvalue weighted by Gasteiger charge is 2.13. The van der Waals surface area contributed by atoms with Gasteiger partial charge in [-0.25, -0.2) is 5.43 Å². The van der Waals surface area contributed by atoms with Crippen LogP contribution in [-0.4, -0.2) is 31.2 Å². The fourth-order valence-electron chi connectivity index (χ4n) is 2.94. The molecule has 0 aliphatic rings. The molecular weight excluding hydrogens is 493 g/mol. The molecule has 0 saturated heterocycles. The quantitative estimate of drug-likeness (QED) is 0.286. The number of amides is 2. The minimum Gasteiger partial charge on any atom is -0.490 e. The van der Waals surface area contributed by atoms with Crippen molar-refractivity contribution < 1.29 is 23.8 Å². The molecule has 3 aromatic rings. The van der Waals surface area contributed by atoms with Crippen LogP contribution >= 0.6 is 23.2 Å². The number of hydrogen-bond acceptors (Lipinski definition) is 6. The summed E-state index contributed by atoms with van der Waals surface area (Å²) in [5.41, 5.74) is 9.36. The molecule has 0 fully saturated rings. The number of carbonyl (C=O) groups excluding carboxylic acids is 2. The van der Waals surface area contributed by atoms with Crippen molar-refractivity contribution in [3.63, 3.8) is 0 Å². The maximum atomic E-state index is 12.6. The molecule has 0 spiro atoms. The molecule has 0 saturated carbocycles. The van der Waals surface area contributed by atoms with E-state index in [1.807, 2.05) is 37.3 Å². The van der Waals surface area contributed by atoms with Crippen molar-refractivity contribution in [2.75, 3.05) is 13.2 Å². The molecule has 2 amide bonds. The maximum absolute atomic E-state index is 12.6. The smallest absolute Gasteiger partial charge is 0.271 e. The molecule has 0 aromatic heterocycles. The summed E-state index contributed by atoms with van der Waals surface area (Å²) >= 11 is 12.3. The Balaban J connectivity index is 1.66. The van der Waals surface area contributed by atoms with Crippen LogP contribution in [0, 0.1) is 0 Å². The van der Waals surface area contributed by atoms with E-state index in [-0.39, 0.29) is 22.4 Å². The summed E-state index contributed by atoms with van der Waals surface area (Å²) in [6, 6.07) is 17.6. The van der Waals surface area contributed by atoms with Crippen molar-refractivity contribution in [1.29, 1.82) is 0 Å². The minimum atomic E-state index is -0.659. The highest BCUT2D eigenvalue weighted by Crippen LogP contribution is 2.34. The summed E-state index contributed by atoms with van der Waals surface area (Å²) in [4.78, 5) is 23.5. The molecule has 0 aliphatic carbocycles. The third-order valence-electron chi connectivity index (χ3n) is 4.50. The number of carbonyl (C=O) groups is 2. The Labute approximate surface area is 212 Å². The van der Waals surface area contributed by atoms with Crippen LogP contribution in [0.4, 0.5) is 0 Å². The van der Waals surface area contributed by atoms with Gasteiger partial charge in [0.25, 0.3) is 11.8 Å². The summed E-state index contributed by atoms with van der Waals surface area (Å²) in [5.74, 6) is -0.000566. The van der Waals surface area contributed by atoms with Gasteiger partial charge in [-0.1, -0.05) is 53.5 Å². The maximum Gasteiger partial charge on any atom is 0.271 e. The van der Waals surface area contributed by atoms with Gasteiger partial charge in [-0.05, 0) is 48.4 Å². The summed E-state index contributed by atoms with van der Waals surface area (Å²) in [7, 11) is 0. The van der Waals surface area contributed by atoms with Gasteiger partial charge < -0.3 is 19.9 Å². The SMILES string of the molecule is CCOc1cc(C(=O)N/N=C/c2cc(Cl)c(OCC(N)=O)c(Cl)c2)ccc1OCc1ccccc1. The average Bonchev–Trinajstić information content (AvgIpc) is 2.83. The average molecular weight is 516 g/mol. The molecule has 0 heterocycles. The number of primary amides is 1. The Bertz CT molecular complexity index is 1200. The Morgan fingerprint density at radius 1 is 0.971 bits per heavy atom. The molecule has 3 rings (SSSR count). The monoisotopic (exact) mass is 515 g/mol. The van der Waals surface area contributed by atoms with Crippen LogP contribution in [0.5, 0.6) is 17.2 Å². The summed E-state index contributed by atoms with van der Waals surface area (Å²) in [5, 5.41) is 4.28. The van der Waals surface area contributed by atoms with Crippen molar-refractivity contribution in [1.82, 2.24) is 5.43 Å². The molecule has 35 heavy (non-hydrogen) atoms. The van der Waals surface area contributed by atoms with Gasteiger partial charge in [-0.2, -0.15) is 5.10 Å². The Hall–Kier alpha value is -3.75. The van der Waals surface area contributed by atoms with Gasteiger partial charge >= 0.3 is 0 Å². The van der Waals surface area contributed by atoms with E-state index in [0.717, 1.165) is 5.56 Å². The van der Waals surface area contributed by atoms with Crippen LogP contribution in [0.2, 0.25) is 10.0 Å². The van der Waals surface area contributed by atoms with Gasteiger partial charge in [0, 0.05) is 5.56 Å². The Morgan fingerprint density at radius 3 is 2.34 bits per heavy atom. The molecule has 3 aromatic carbocycles. The van der Waals surface area contributed by atoms with E-state index in [4.69, 9.17) is 43.1 Å². The van der Waals surface area contributed by atoms with Crippen LogP contribution < -0.4 is 25.4 Å². The van der Waals surface area contributed by atoms with E-state index in [2.05, 4.69) is 10.5 Å². The summed E-state index contributed by atoms with van der Waals surface area (Å²) in [6.45, 7) is 2.26. The first-order valence-electron chi connectivity index (χ1n) is 10.5. The lowest BCUT2D eigenvalue weighted by Gasteiger charge is -2.13. The van der Waals surface area contributed by atoms with Gasteiger partial charge in [0.15, 0.2) is 23.9 Å². The fraction of sp³-hybridized carbons (Fsp3) is 0.160. The Morgan fingerprint density at radius 2 is 1.69 bits per heavy atom. The summed E-state index contributed by atoms with van der Waals surface area (Å²) < 4.78 is 16.7. The number of rotatable bonds is 11. The molecular formula is C25H23Cl2N3O5. The van der Waals surface area contributed by atoms with Crippen LogP contribution in [0.15, 0.2) is 65.8 Å². The molecule has 3 N–H and O–H groups in total. The number of halogens is 2. The zero-order valence-electron chi connectivity index (χ0n) is 18.8. The number of nitrogens with one attached hydrogen (secondary N) is 1. The van der Waals surface area contributed by atoms with Gasteiger partial charge in [-0.15, -0.1) is 0 Å². The number of ether oxygens (including phenoxy) is 3. The highest BCUT2D eigenvalue weighted by molar-refractivity contribution is 6.37. The lowest BCUT2D eigenvalue weighted by molar-refractivity contribution is -0.119. The van der Waals surface area contributed by atoms with Gasteiger partial charge in [-0.3, -0.25) is 9.59 Å². The van der Waals surface area contributed by atoms with Crippen molar-refractivity contribution >= 4 is 41.2 Å². The highest BCUT2D eigenvalue weighted by atomic mass is 35.5. The van der Waals surface area contributed by atoms with Gasteiger partial charge in [0.2, 0.25) is 0 Å². The normalized spacial score (nSPS) is 10.7. The molecule has 182 valence electrons. The van der Waals surface area contributed by atoms with Crippen molar-refractivity contribution in [2.45, 2.75) is 13.5 Å². The molecule has 8 nitrogen and oxygen atoms in total. The van der Waals surface area contributed by atoms with Crippen LogP contribution in [0.25, 0.3) is 0 Å². The second-order valence-corrected chi connectivity index (χ2v) is 7.95. The predicted octanol–water partition coefficient (Wildman–Crippen LogP) is 4.60. The second-order valence-electron chi connectivity index (χ2n) is 7.14. The van der Waals surface area contributed by atoms with E-state index in [1.54, 1.807) is 18.2 Å². The number of hydrogen-bond donors (Lipinski definition) is 2. The topological polar surface area (TPSA) is 112 Å². The van der Waals surface area contributed by atoms with Gasteiger partial charge in [0.1, 0.15) is 6.61 Å². The molecule has 0 bridgehead atoms. The second kappa shape index (κ2) is 12.6. The lowest BCUT2D eigenvalue weighted by atomic mass is 10.2. The fourth-order valence-corrected chi connectivity index (χ4v) is 3.55. The number of nitrogens with two attached hydrogens (primary N) is 1. The van der Waals surface area contributed by atoms with Crippen LogP contribution in [0.3, 0.4) is 0 Å². The largest absolute Gasteiger partial charge is 0.490 e. The molecule has 0 unspecified atom stereocenters. The Kier molecular flexibility index (Phi) is 9.34. The number of hydrazone groups is 1. The summed E-state index contributed by atoms with van der Waals surface area (Å²) in [6.07, 6.45) is 1.37. The van der Waals surface area contributed by atoms with Crippen molar-refractivity contribution in [2.24, 2.45) is 10.8 Å². The lowest BCUT2D eigenvalue weighted by Crippen LogP contribution is -2.20. The van der Waals surface area contributed by atoms with Crippen LogP contribution in [0.1, 0.15) is 28.4 Å². The first kappa shape index (κ1) is 25.9. The number of nitrogens with zero attached hydrogens (tertiary/aromatic N) is 1. The predicted molar refractivity (Wildman–Crippen MR) is 135 cm³/mol. The van der Waals surface area contributed by atoms with Crippen molar-refractivity contribution in [3.05, 3.63) is 87.4 Å². The molecule has 0 aliphatic heterocycles. The zero-order valence-corrected chi connectivity index (χ0v) is 20.3. The van der Waals surface area contributed by atoms with E-state index in [1.165, 1.54) is 18.3 Å². The third kappa shape index (κ3) is 7.63. The van der Waals surface area contributed by atoms with E-state index >= 15 is 0 Å². The third-order valence-corrected chi connectivity index (χ3v) is 5.06. The number of benzene rings is 3. The van der Waals surface area contributed by atoms with Crippen molar-refractivity contribution in [3.8, 4) is 17.2 Å². The molecule has 0 atom stereocenters. The van der Waals surface area contributed by atoms with E-state index in [9.17, 15) is 9.59 Å². The van der Waals surface area contributed by atoms with Crippen LogP contribution in [-0.2, 0) is 11.4 Å². The zero-order chi connectivity index (χ0) is 25.2. The molecule has 0 radical (unpaired) electrons. The first-order chi connectivity index (χ1) is 16.9. The van der Waals surface area contributed by atoms with E-state index < -0.39 is 11.8 Å². The minimum absolute atomic E-state index is 0.131. The standard InChI is InChI=1S/C25H23Cl2N3O5/c1-2-33-22-12-18(8-9-21(22)34-14-16-6-4-3-5-7-16)25(32)30-29-13-17-10-19(26)24(20(27)11-17)35-15-23(28)31/h3-13H,2,14-15H2,1H3,(H2,28,31)(H,30,32)/b29-13+. The molecule has 10 heteroatoms. The van der Waals surface area contributed by atoms with Gasteiger partial charge in [0.05, 0.1) is 22.9 Å². The van der Waals surface area contributed by atoms with E-state index in [0.29, 0.717) is 35.8 Å².